The fourth-order valence-electron chi connectivity index (χ4n) is 1.44. The van der Waals surface area contributed by atoms with Crippen LogP contribution in [0, 0.1) is 0 Å². The summed E-state index contributed by atoms with van der Waals surface area (Å²) in [6, 6.07) is 2.92. The first kappa shape index (κ1) is 13.7. The number of methoxy groups -OCH3 is 3. The fourth-order valence-corrected chi connectivity index (χ4v) is 1.44. The average Bonchev–Trinajstić information content (AvgIpc) is 2.43. The number of nitrogens with two attached hydrogens (primary N) is 1. The summed E-state index contributed by atoms with van der Waals surface area (Å²) in [6.07, 6.45) is 0.547. The molecule has 0 aromatic heterocycles. The molecule has 0 aliphatic rings. The van der Waals surface area contributed by atoms with E-state index in [-0.39, 0.29) is 11.3 Å². The Balaban J connectivity index is 3.36. The maximum absolute atomic E-state index is 11.8. The number of ketones is 1. The molecule has 0 saturated heterocycles. The van der Waals surface area contributed by atoms with Gasteiger partial charge >= 0.3 is 0 Å². The van der Waals surface area contributed by atoms with Crippen molar-refractivity contribution in [2.24, 2.45) is 5.73 Å². The topological polar surface area (TPSA) is 91.0 Å². The van der Waals surface area contributed by atoms with Crippen LogP contribution in [0.5, 0.6) is 17.2 Å². The highest BCUT2D eigenvalue weighted by molar-refractivity contribution is 6.08. The Morgan fingerprint density at radius 1 is 1.17 bits per heavy atom. The summed E-state index contributed by atoms with van der Waals surface area (Å²) in [4.78, 5) is 11.8. The SMILES string of the molecule is COc1cc(C(=O)/C(N)=C/O)cc(OC)c1OC. The molecule has 0 unspecified atom stereocenters. The van der Waals surface area contributed by atoms with Gasteiger partial charge in [-0.25, -0.2) is 0 Å². The van der Waals surface area contributed by atoms with Crippen molar-refractivity contribution in [3.05, 3.63) is 29.7 Å². The van der Waals surface area contributed by atoms with Gasteiger partial charge in [-0.3, -0.25) is 4.79 Å². The molecule has 6 heteroatoms. The van der Waals surface area contributed by atoms with Crippen molar-refractivity contribution in [2.45, 2.75) is 0 Å². The lowest BCUT2D eigenvalue weighted by Crippen LogP contribution is -2.12. The third-order valence-corrected chi connectivity index (χ3v) is 2.33. The zero-order valence-electron chi connectivity index (χ0n) is 10.4. The minimum atomic E-state index is -0.531. The first-order chi connectivity index (χ1) is 8.58. The average molecular weight is 253 g/mol. The van der Waals surface area contributed by atoms with Gasteiger partial charge in [0.15, 0.2) is 11.5 Å². The summed E-state index contributed by atoms with van der Waals surface area (Å²) in [5, 5.41) is 8.73. The van der Waals surface area contributed by atoms with Gasteiger partial charge in [-0.2, -0.15) is 0 Å². The summed E-state index contributed by atoms with van der Waals surface area (Å²) in [6.45, 7) is 0. The monoisotopic (exact) mass is 253 g/mol. The van der Waals surface area contributed by atoms with E-state index in [9.17, 15) is 4.79 Å². The van der Waals surface area contributed by atoms with Gasteiger partial charge in [0.05, 0.1) is 21.3 Å². The predicted octanol–water partition coefficient (Wildman–Crippen LogP) is 1.25. The first-order valence-corrected chi connectivity index (χ1v) is 5.03. The molecule has 18 heavy (non-hydrogen) atoms. The van der Waals surface area contributed by atoms with Crippen molar-refractivity contribution >= 4 is 5.78 Å². The fraction of sp³-hybridized carbons (Fsp3) is 0.250. The number of aliphatic hydroxyl groups excluding tert-OH is 1. The molecule has 0 spiro atoms. The third kappa shape index (κ3) is 2.48. The van der Waals surface area contributed by atoms with E-state index in [1.165, 1.54) is 33.5 Å². The van der Waals surface area contributed by atoms with E-state index in [4.69, 9.17) is 25.1 Å². The van der Waals surface area contributed by atoms with E-state index in [0.717, 1.165) is 0 Å². The number of ether oxygens (including phenoxy) is 3. The van der Waals surface area contributed by atoms with Crippen molar-refractivity contribution < 1.29 is 24.1 Å². The quantitative estimate of drug-likeness (QED) is 0.466. The summed E-state index contributed by atoms with van der Waals surface area (Å²) >= 11 is 0. The van der Waals surface area contributed by atoms with Crippen molar-refractivity contribution in [2.75, 3.05) is 21.3 Å². The molecular weight excluding hydrogens is 238 g/mol. The molecule has 1 aromatic carbocycles. The summed E-state index contributed by atoms with van der Waals surface area (Å²) < 4.78 is 15.3. The second-order valence-electron chi connectivity index (χ2n) is 3.33. The van der Waals surface area contributed by atoms with Crippen molar-refractivity contribution in [3.63, 3.8) is 0 Å². The first-order valence-electron chi connectivity index (χ1n) is 5.03. The number of aliphatic hydroxyl groups is 1. The predicted molar refractivity (Wildman–Crippen MR) is 65.3 cm³/mol. The van der Waals surface area contributed by atoms with Gasteiger partial charge in [-0.15, -0.1) is 0 Å². The summed E-state index contributed by atoms with van der Waals surface area (Å²) in [5.41, 5.74) is 5.31. The van der Waals surface area contributed by atoms with Crippen LogP contribution >= 0.6 is 0 Å². The van der Waals surface area contributed by atoms with Gasteiger partial charge in [0.25, 0.3) is 0 Å². The second kappa shape index (κ2) is 5.81. The van der Waals surface area contributed by atoms with Crippen LogP contribution in [0.1, 0.15) is 10.4 Å². The molecule has 0 bridgehead atoms. The number of benzene rings is 1. The lowest BCUT2D eigenvalue weighted by atomic mass is 10.1. The zero-order chi connectivity index (χ0) is 13.7. The Labute approximate surface area is 105 Å². The Morgan fingerprint density at radius 3 is 2.00 bits per heavy atom. The Bertz CT molecular complexity index is 456. The normalized spacial score (nSPS) is 10.9. The van der Waals surface area contributed by atoms with E-state index >= 15 is 0 Å². The van der Waals surface area contributed by atoms with E-state index in [1.807, 2.05) is 0 Å². The molecule has 0 fully saturated rings. The van der Waals surface area contributed by atoms with Gasteiger partial charge in [-0.1, -0.05) is 0 Å². The maximum Gasteiger partial charge on any atom is 0.212 e. The lowest BCUT2D eigenvalue weighted by molar-refractivity contribution is 0.102. The second-order valence-corrected chi connectivity index (χ2v) is 3.33. The van der Waals surface area contributed by atoms with Crippen LogP contribution in [0.15, 0.2) is 24.1 Å². The Kier molecular flexibility index (Phi) is 4.42. The molecule has 1 aromatic rings. The van der Waals surface area contributed by atoms with Crippen molar-refractivity contribution in [3.8, 4) is 17.2 Å². The molecule has 0 aliphatic heterocycles. The highest BCUT2D eigenvalue weighted by atomic mass is 16.5. The van der Waals surface area contributed by atoms with Crippen molar-refractivity contribution in [1.82, 2.24) is 0 Å². The minimum Gasteiger partial charge on any atom is -0.513 e. The number of carbonyl (C=O) groups is 1. The van der Waals surface area contributed by atoms with Gasteiger partial charge in [0, 0.05) is 5.56 Å². The molecule has 0 heterocycles. The Morgan fingerprint density at radius 2 is 1.67 bits per heavy atom. The molecule has 0 aliphatic carbocycles. The highest BCUT2D eigenvalue weighted by Gasteiger charge is 2.18. The summed E-state index contributed by atoms with van der Waals surface area (Å²) in [5.74, 6) is 0.525. The van der Waals surface area contributed by atoms with Gasteiger partial charge in [-0.05, 0) is 12.1 Å². The molecular formula is C12H15NO5. The van der Waals surface area contributed by atoms with E-state index in [2.05, 4.69) is 0 Å². The molecule has 6 nitrogen and oxygen atoms in total. The maximum atomic E-state index is 11.8. The van der Waals surface area contributed by atoms with Gasteiger partial charge in [0.1, 0.15) is 12.0 Å². The smallest absolute Gasteiger partial charge is 0.212 e. The number of hydrogen-bond donors (Lipinski definition) is 2. The number of carbonyl (C=O) groups excluding carboxylic acids is 1. The van der Waals surface area contributed by atoms with Crippen LogP contribution in [-0.4, -0.2) is 32.2 Å². The molecule has 1 rings (SSSR count). The van der Waals surface area contributed by atoms with Crippen LogP contribution in [0.25, 0.3) is 0 Å². The molecule has 0 amide bonds. The Hall–Kier alpha value is -2.37. The van der Waals surface area contributed by atoms with Crippen LogP contribution < -0.4 is 19.9 Å². The molecule has 0 radical (unpaired) electrons. The zero-order valence-corrected chi connectivity index (χ0v) is 10.4. The number of hydrogen-bond acceptors (Lipinski definition) is 6. The van der Waals surface area contributed by atoms with Gasteiger partial charge in [0.2, 0.25) is 11.5 Å². The molecule has 0 saturated carbocycles. The third-order valence-electron chi connectivity index (χ3n) is 2.33. The minimum absolute atomic E-state index is 0.229. The van der Waals surface area contributed by atoms with Crippen LogP contribution in [0.2, 0.25) is 0 Å². The molecule has 0 atom stereocenters. The number of rotatable bonds is 5. The van der Waals surface area contributed by atoms with Crippen molar-refractivity contribution in [1.29, 1.82) is 0 Å². The molecule has 98 valence electrons. The standard InChI is InChI=1S/C12H15NO5/c1-16-9-4-7(11(15)8(13)6-14)5-10(17-2)12(9)18-3/h4-6,14H,13H2,1-3H3/b8-6-. The number of Topliss-reactive ketones (excluding diaryl/α,β-unsaturated/α-hetero) is 1. The van der Waals surface area contributed by atoms with E-state index in [0.29, 0.717) is 23.5 Å². The largest absolute Gasteiger partial charge is 0.513 e. The van der Waals surface area contributed by atoms with Crippen LogP contribution in [-0.2, 0) is 0 Å². The summed E-state index contributed by atoms with van der Waals surface area (Å²) in [7, 11) is 4.34. The van der Waals surface area contributed by atoms with E-state index in [1.54, 1.807) is 0 Å². The van der Waals surface area contributed by atoms with E-state index < -0.39 is 5.78 Å². The molecule has 3 N–H and O–H groups in total. The lowest BCUT2D eigenvalue weighted by Gasteiger charge is -2.13. The van der Waals surface area contributed by atoms with Crippen LogP contribution in [0.4, 0.5) is 0 Å². The van der Waals surface area contributed by atoms with Gasteiger partial charge < -0.3 is 25.1 Å². The van der Waals surface area contributed by atoms with Crippen LogP contribution in [0.3, 0.4) is 0 Å². The highest BCUT2D eigenvalue weighted by Crippen LogP contribution is 2.38. The number of allylic oxidation sites excluding steroid dienone is 1.